The van der Waals surface area contributed by atoms with Crippen molar-refractivity contribution in [2.24, 2.45) is 0 Å². The third-order valence-corrected chi connectivity index (χ3v) is 2.96. The average Bonchev–Trinajstić information content (AvgIpc) is 2.60. The maximum absolute atomic E-state index is 10.7. The summed E-state index contributed by atoms with van der Waals surface area (Å²) >= 11 is 10.8. The van der Waals surface area contributed by atoms with Crippen LogP contribution in [-0.2, 0) is 11.2 Å². The van der Waals surface area contributed by atoms with Gasteiger partial charge in [-0.25, -0.2) is 0 Å². The number of benzene rings is 1. The molecule has 0 amide bonds. The molecule has 1 aromatic heterocycles. The number of hydrogen-bond acceptors (Lipinski definition) is 2. The standard InChI is InChI=1S/C11H8ClNO2S/c12-9-3-10-8(7(5-16)4-13-10)1-6(9)2-11(14)15/h1,3-5,13H,2H2,(H,14,15). The Bertz CT molecular complexity index is 577. The molecule has 3 nitrogen and oxygen atoms in total. The topological polar surface area (TPSA) is 53.1 Å². The van der Waals surface area contributed by atoms with Crippen LogP contribution in [0, 0.1) is 0 Å². The predicted octanol–water partition coefficient (Wildman–Crippen LogP) is 2.80. The van der Waals surface area contributed by atoms with Gasteiger partial charge < -0.3 is 10.1 Å². The van der Waals surface area contributed by atoms with E-state index < -0.39 is 5.97 Å². The van der Waals surface area contributed by atoms with E-state index in [9.17, 15) is 4.79 Å². The van der Waals surface area contributed by atoms with Crippen molar-refractivity contribution in [2.75, 3.05) is 0 Å². The maximum atomic E-state index is 10.7. The van der Waals surface area contributed by atoms with Crippen molar-refractivity contribution in [3.05, 3.63) is 34.5 Å². The zero-order valence-electron chi connectivity index (χ0n) is 8.16. The van der Waals surface area contributed by atoms with Crippen molar-refractivity contribution >= 4 is 46.1 Å². The van der Waals surface area contributed by atoms with Crippen LogP contribution in [0.4, 0.5) is 0 Å². The van der Waals surface area contributed by atoms with Crippen LogP contribution in [0.2, 0.25) is 5.02 Å². The summed E-state index contributed by atoms with van der Waals surface area (Å²) < 4.78 is 0. The molecule has 5 heteroatoms. The summed E-state index contributed by atoms with van der Waals surface area (Å²) in [6, 6.07) is 3.48. The fraction of sp³-hybridized carbons (Fsp3) is 0.0909. The van der Waals surface area contributed by atoms with E-state index in [0.29, 0.717) is 10.6 Å². The average molecular weight is 254 g/mol. The predicted molar refractivity (Wildman–Crippen MR) is 67.4 cm³/mol. The minimum absolute atomic E-state index is 0.0865. The van der Waals surface area contributed by atoms with Crippen molar-refractivity contribution in [3.63, 3.8) is 0 Å². The molecule has 0 radical (unpaired) electrons. The number of aromatic amines is 1. The molecule has 1 aromatic carbocycles. The quantitative estimate of drug-likeness (QED) is 0.827. The number of fused-ring (bicyclic) bond motifs is 1. The van der Waals surface area contributed by atoms with Crippen LogP contribution in [0.25, 0.3) is 10.9 Å². The summed E-state index contributed by atoms with van der Waals surface area (Å²) in [5.41, 5.74) is 2.32. The van der Waals surface area contributed by atoms with Gasteiger partial charge in [-0.15, -0.1) is 0 Å². The number of carboxylic acids is 1. The molecule has 0 saturated carbocycles. The smallest absolute Gasteiger partial charge is 0.307 e. The molecule has 2 N–H and O–H groups in total. The molecule has 1 heterocycles. The van der Waals surface area contributed by atoms with Crippen LogP contribution in [0.15, 0.2) is 18.3 Å². The number of halogens is 1. The van der Waals surface area contributed by atoms with Crippen molar-refractivity contribution in [3.8, 4) is 0 Å². The van der Waals surface area contributed by atoms with Gasteiger partial charge in [0.2, 0.25) is 0 Å². The molecule has 0 saturated heterocycles. The van der Waals surface area contributed by atoms with Gasteiger partial charge in [-0.2, -0.15) is 0 Å². The number of nitrogens with one attached hydrogen (secondary N) is 1. The fourth-order valence-electron chi connectivity index (χ4n) is 1.61. The molecule has 2 aromatic rings. The van der Waals surface area contributed by atoms with E-state index in [-0.39, 0.29) is 6.42 Å². The molecule has 0 spiro atoms. The molecule has 82 valence electrons. The first-order valence-corrected chi connectivity index (χ1v) is 5.43. The molecule has 0 fully saturated rings. The number of H-pyrrole nitrogens is 1. The lowest BCUT2D eigenvalue weighted by atomic mass is 10.1. The third-order valence-electron chi connectivity index (χ3n) is 2.35. The lowest BCUT2D eigenvalue weighted by Gasteiger charge is -2.02. The molecule has 0 bridgehead atoms. The van der Waals surface area contributed by atoms with Crippen LogP contribution in [-0.4, -0.2) is 21.4 Å². The molecule has 0 aliphatic carbocycles. The molecule has 0 aliphatic rings. The highest BCUT2D eigenvalue weighted by molar-refractivity contribution is 7.79. The second-order valence-corrected chi connectivity index (χ2v) is 4.06. The van der Waals surface area contributed by atoms with E-state index in [2.05, 4.69) is 4.98 Å². The van der Waals surface area contributed by atoms with Crippen molar-refractivity contribution in [1.82, 2.24) is 4.98 Å². The highest BCUT2D eigenvalue weighted by Gasteiger charge is 2.09. The SMILES string of the molecule is O=C(O)Cc1cc2c(C=S)c[nH]c2cc1Cl. The van der Waals surface area contributed by atoms with E-state index in [1.54, 1.807) is 23.7 Å². The van der Waals surface area contributed by atoms with Crippen LogP contribution in [0.3, 0.4) is 0 Å². The van der Waals surface area contributed by atoms with E-state index in [1.165, 1.54) is 0 Å². The lowest BCUT2D eigenvalue weighted by Crippen LogP contribution is -2.00. The third kappa shape index (κ3) is 1.94. The van der Waals surface area contributed by atoms with Crippen LogP contribution >= 0.6 is 23.8 Å². The number of rotatable bonds is 3. The Labute approximate surface area is 102 Å². The minimum atomic E-state index is -0.902. The molecule has 16 heavy (non-hydrogen) atoms. The zero-order valence-corrected chi connectivity index (χ0v) is 9.73. The first kappa shape index (κ1) is 11.1. The van der Waals surface area contributed by atoms with Gasteiger partial charge in [0.1, 0.15) is 0 Å². The van der Waals surface area contributed by atoms with Crippen molar-refractivity contribution in [1.29, 1.82) is 0 Å². The van der Waals surface area contributed by atoms with Gasteiger partial charge in [0.25, 0.3) is 0 Å². The second kappa shape index (κ2) is 4.23. The Hall–Kier alpha value is -1.39. The number of hydrogen-bond donors (Lipinski definition) is 2. The lowest BCUT2D eigenvalue weighted by molar-refractivity contribution is -0.136. The fourth-order valence-corrected chi connectivity index (χ4v) is 2.03. The van der Waals surface area contributed by atoms with Crippen molar-refractivity contribution in [2.45, 2.75) is 6.42 Å². The van der Waals surface area contributed by atoms with E-state index in [0.717, 1.165) is 16.5 Å². The summed E-state index contributed by atoms with van der Waals surface area (Å²) in [6.45, 7) is 0. The number of aromatic nitrogens is 1. The first-order chi connectivity index (χ1) is 7.61. The zero-order chi connectivity index (χ0) is 11.7. The summed E-state index contributed by atoms with van der Waals surface area (Å²) in [5, 5.41) is 11.6. The Morgan fingerprint density at radius 1 is 1.56 bits per heavy atom. The van der Waals surface area contributed by atoms with Gasteiger partial charge >= 0.3 is 5.97 Å². The molecule has 2 rings (SSSR count). The van der Waals surface area contributed by atoms with Gasteiger partial charge in [-0.3, -0.25) is 4.79 Å². The Morgan fingerprint density at radius 2 is 2.31 bits per heavy atom. The number of carboxylic acid groups (broad SMARTS) is 1. The molecule has 0 unspecified atom stereocenters. The van der Waals surface area contributed by atoms with E-state index >= 15 is 0 Å². The Balaban J connectivity index is 2.61. The van der Waals surface area contributed by atoms with Gasteiger partial charge in [0, 0.05) is 33.1 Å². The van der Waals surface area contributed by atoms with Gasteiger partial charge in [-0.1, -0.05) is 23.8 Å². The summed E-state index contributed by atoms with van der Waals surface area (Å²) in [5.74, 6) is -0.902. The largest absolute Gasteiger partial charge is 0.481 e. The van der Waals surface area contributed by atoms with Gasteiger partial charge in [0.05, 0.1) is 6.42 Å². The summed E-state index contributed by atoms with van der Waals surface area (Å²) in [6.07, 6.45) is 1.69. The van der Waals surface area contributed by atoms with Crippen molar-refractivity contribution < 1.29 is 9.90 Å². The number of aliphatic carboxylic acids is 1. The second-order valence-electron chi connectivity index (χ2n) is 3.42. The van der Waals surface area contributed by atoms with Gasteiger partial charge in [0.15, 0.2) is 0 Å². The Morgan fingerprint density at radius 3 is 2.94 bits per heavy atom. The maximum Gasteiger partial charge on any atom is 0.307 e. The van der Waals surface area contributed by atoms with Gasteiger partial charge in [-0.05, 0) is 17.7 Å². The molecule has 0 aliphatic heterocycles. The highest BCUT2D eigenvalue weighted by Crippen LogP contribution is 2.25. The number of carbonyl (C=O) groups is 1. The monoisotopic (exact) mass is 253 g/mol. The molecular formula is C11H8ClNO2S. The minimum Gasteiger partial charge on any atom is -0.481 e. The van der Waals surface area contributed by atoms with Crippen LogP contribution in [0.1, 0.15) is 11.1 Å². The van der Waals surface area contributed by atoms with Crippen LogP contribution < -0.4 is 0 Å². The molecule has 0 atom stereocenters. The Kier molecular flexibility index (Phi) is 2.94. The first-order valence-electron chi connectivity index (χ1n) is 4.58. The summed E-state index contributed by atoms with van der Waals surface area (Å²) in [7, 11) is 0. The highest BCUT2D eigenvalue weighted by atomic mass is 35.5. The number of thiocarbonyl (C=S) groups is 1. The van der Waals surface area contributed by atoms with E-state index in [1.807, 2.05) is 0 Å². The summed E-state index contributed by atoms with van der Waals surface area (Å²) in [4.78, 5) is 13.7. The van der Waals surface area contributed by atoms with E-state index in [4.69, 9.17) is 28.9 Å². The van der Waals surface area contributed by atoms with Crippen LogP contribution in [0.5, 0.6) is 0 Å². The molecular weight excluding hydrogens is 246 g/mol. The normalized spacial score (nSPS) is 10.6.